The largest absolute Gasteiger partial charge is 0.504 e. The van der Waals surface area contributed by atoms with Crippen LogP contribution in [0.4, 0.5) is 5.88 Å². The molecule has 2 heterocycles. The second kappa shape index (κ2) is 4.47. The Labute approximate surface area is 108 Å². The molecule has 1 aromatic heterocycles. The third kappa shape index (κ3) is 2.00. The lowest BCUT2D eigenvalue weighted by Gasteiger charge is -2.27. The molecule has 1 aliphatic rings. The molecule has 0 aliphatic carbocycles. The number of ether oxygens (including phenoxy) is 1. The van der Waals surface area contributed by atoms with Gasteiger partial charge >= 0.3 is 0 Å². The summed E-state index contributed by atoms with van der Waals surface area (Å²) in [4.78, 5) is 13.9. The SMILES string of the molecule is O=c1cc(N2CCOCC2)oc2c(O)c(O)ccc12. The van der Waals surface area contributed by atoms with Gasteiger partial charge in [-0.25, -0.2) is 0 Å². The van der Waals surface area contributed by atoms with Crippen molar-refractivity contribution in [1.29, 1.82) is 0 Å². The molecule has 1 aliphatic heterocycles. The molecule has 1 saturated heterocycles. The number of phenols is 2. The molecule has 1 aromatic carbocycles. The maximum atomic E-state index is 12.0. The number of rotatable bonds is 1. The van der Waals surface area contributed by atoms with E-state index in [-0.39, 0.29) is 22.1 Å². The number of hydrogen-bond donors (Lipinski definition) is 2. The Hall–Kier alpha value is -2.21. The summed E-state index contributed by atoms with van der Waals surface area (Å²) in [6.45, 7) is 2.36. The average Bonchev–Trinajstić information content (AvgIpc) is 2.44. The first kappa shape index (κ1) is 11.9. The van der Waals surface area contributed by atoms with Crippen molar-refractivity contribution in [2.75, 3.05) is 31.2 Å². The highest BCUT2D eigenvalue weighted by Crippen LogP contribution is 2.34. The first-order valence-electron chi connectivity index (χ1n) is 5.98. The lowest BCUT2D eigenvalue weighted by atomic mass is 10.2. The van der Waals surface area contributed by atoms with Crippen LogP contribution in [0.2, 0.25) is 0 Å². The quantitative estimate of drug-likeness (QED) is 0.748. The van der Waals surface area contributed by atoms with Crippen molar-refractivity contribution in [2.24, 2.45) is 0 Å². The molecule has 0 unspecified atom stereocenters. The van der Waals surface area contributed by atoms with Crippen LogP contribution < -0.4 is 10.3 Å². The highest BCUT2D eigenvalue weighted by Gasteiger charge is 2.17. The van der Waals surface area contributed by atoms with Crippen molar-refractivity contribution >= 4 is 16.9 Å². The maximum Gasteiger partial charge on any atom is 0.202 e. The summed E-state index contributed by atoms with van der Waals surface area (Å²) >= 11 is 0. The van der Waals surface area contributed by atoms with Crippen LogP contribution in [0.5, 0.6) is 11.5 Å². The summed E-state index contributed by atoms with van der Waals surface area (Å²) < 4.78 is 10.8. The summed E-state index contributed by atoms with van der Waals surface area (Å²) in [5, 5.41) is 19.5. The monoisotopic (exact) mass is 263 g/mol. The number of aromatic hydroxyl groups is 2. The van der Waals surface area contributed by atoms with Gasteiger partial charge in [0.15, 0.2) is 22.6 Å². The Kier molecular flexibility index (Phi) is 2.79. The van der Waals surface area contributed by atoms with Gasteiger partial charge in [0.05, 0.1) is 18.6 Å². The van der Waals surface area contributed by atoms with E-state index in [4.69, 9.17) is 9.15 Å². The van der Waals surface area contributed by atoms with E-state index >= 15 is 0 Å². The maximum absolute atomic E-state index is 12.0. The predicted molar refractivity (Wildman–Crippen MR) is 68.8 cm³/mol. The first-order valence-corrected chi connectivity index (χ1v) is 5.98. The molecular formula is C13H13NO5. The molecule has 0 bridgehead atoms. The van der Waals surface area contributed by atoms with Gasteiger partial charge in [0, 0.05) is 19.2 Å². The normalized spacial score (nSPS) is 15.9. The summed E-state index contributed by atoms with van der Waals surface area (Å²) in [6, 6.07) is 4.09. The fourth-order valence-corrected chi connectivity index (χ4v) is 2.12. The molecule has 0 radical (unpaired) electrons. The van der Waals surface area contributed by atoms with Gasteiger partial charge in [0.2, 0.25) is 5.75 Å². The predicted octanol–water partition coefficient (Wildman–Crippen LogP) is 1.04. The lowest BCUT2D eigenvalue weighted by Crippen LogP contribution is -2.36. The second-order valence-electron chi connectivity index (χ2n) is 4.36. The van der Waals surface area contributed by atoms with Crippen molar-refractivity contribution in [3.05, 3.63) is 28.4 Å². The topological polar surface area (TPSA) is 83.1 Å². The van der Waals surface area contributed by atoms with E-state index in [1.807, 2.05) is 4.90 Å². The van der Waals surface area contributed by atoms with Gasteiger partial charge in [-0.1, -0.05) is 0 Å². The average molecular weight is 263 g/mol. The minimum atomic E-state index is -0.412. The number of morpholine rings is 1. The van der Waals surface area contributed by atoms with E-state index < -0.39 is 5.75 Å². The van der Waals surface area contributed by atoms with Crippen LogP contribution in [0, 0.1) is 0 Å². The van der Waals surface area contributed by atoms with Crippen LogP contribution in [0.15, 0.2) is 27.4 Å². The molecule has 0 spiro atoms. The van der Waals surface area contributed by atoms with E-state index in [2.05, 4.69) is 0 Å². The Morgan fingerprint density at radius 1 is 1.16 bits per heavy atom. The van der Waals surface area contributed by atoms with Crippen molar-refractivity contribution < 1.29 is 19.4 Å². The van der Waals surface area contributed by atoms with Gasteiger partial charge < -0.3 is 24.3 Å². The zero-order valence-electron chi connectivity index (χ0n) is 10.1. The first-order chi connectivity index (χ1) is 9.16. The number of benzene rings is 1. The standard InChI is InChI=1S/C13H13NO5/c15-9-2-1-8-10(16)7-11(19-13(8)12(9)17)14-3-5-18-6-4-14/h1-2,7,15,17H,3-6H2. The second-order valence-corrected chi connectivity index (χ2v) is 4.36. The van der Waals surface area contributed by atoms with Gasteiger partial charge in [-0.15, -0.1) is 0 Å². The molecule has 0 amide bonds. The van der Waals surface area contributed by atoms with Crippen molar-refractivity contribution in [2.45, 2.75) is 0 Å². The minimum absolute atomic E-state index is 0.00833. The van der Waals surface area contributed by atoms with Crippen LogP contribution in [-0.4, -0.2) is 36.5 Å². The van der Waals surface area contributed by atoms with E-state index in [0.717, 1.165) is 0 Å². The third-order valence-corrected chi connectivity index (χ3v) is 3.16. The molecule has 6 nitrogen and oxygen atoms in total. The number of fused-ring (bicyclic) bond motifs is 1. The lowest BCUT2D eigenvalue weighted by molar-refractivity contribution is 0.120. The number of phenolic OH excluding ortho intramolecular Hbond substituents is 2. The highest BCUT2D eigenvalue weighted by molar-refractivity contribution is 5.85. The number of anilines is 1. The van der Waals surface area contributed by atoms with Crippen LogP contribution in [-0.2, 0) is 4.74 Å². The molecule has 3 rings (SSSR count). The third-order valence-electron chi connectivity index (χ3n) is 3.16. The van der Waals surface area contributed by atoms with E-state index in [1.165, 1.54) is 18.2 Å². The zero-order valence-corrected chi connectivity index (χ0v) is 10.1. The Bertz CT molecular complexity index is 673. The summed E-state index contributed by atoms with van der Waals surface area (Å²) in [6.07, 6.45) is 0. The van der Waals surface area contributed by atoms with Crippen LogP contribution in [0.3, 0.4) is 0 Å². The van der Waals surface area contributed by atoms with Gasteiger partial charge in [0.1, 0.15) is 0 Å². The van der Waals surface area contributed by atoms with E-state index in [0.29, 0.717) is 32.2 Å². The van der Waals surface area contributed by atoms with Crippen molar-refractivity contribution in [3.63, 3.8) is 0 Å². The molecule has 19 heavy (non-hydrogen) atoms. The van der Waals surface area contributed by atoms with E-state index in [9.17, 15) is 15.0 Å². The fourth-order valence-electron chi connectivity index (χ4n) is 2.12. The van der Waals surface area contributed by atoms with Gasteiger partial charge in [0.25, 0.3) is 0 Å². The van der Waals surface area contributed by atoms with Crippen LogP contribution in [0.1, 0.15) is 0 Å². The fraction of sp³-hybridized carbons (Fsp3) is 0.308. The smallest absolute Gasteiger partial charge is 0.202 e. The molecule has 100 valence electrons. The van der Waals surface area contributed by atoms with Crippen LogP contribution in [0.25, 0.3) is 11.0 Å². The number of hydrogen-bond acceptors (Lipinski definition) is 6. The van der Waals surface area contributed by atoms with Crippen molar-refractivity contribution in [3.8, 4) is 11.5 Å². The molecular weight excluding hydrogens is 250 g/mol. The minimum Gasteiger partial charge on any atom is -0.504 e. The molecule has 6 heteroatoms. The summed E-state index contributed by atoms with van der Waals surface area (Å²) in [5.41, 5.74) is -0.243. The molecule has 2 N–H and O–H groups in total. The van der Waals surface area contributed by atoms with Crippen LogP contribution >= 0.6 is 0 Å². The Morgan fingerprint density at radius 2 is 1.89 bits per heavy atom. The molecule has 0 atom stereocenters. The van der Waals surface area contributed by atoms with Gasteiger partial charge in [-0.2, -0.15) is 0 Å². The highest BCUT2D eigenvalue weighted by atomic mass is 16.5. The number of nitrogens with zero attached hydrogens (tertiary/aromatic N) is 1. The Morgan fingerprint density at radius 3 is 2.63 bits per heavy atom. The summed E-state index contributed by atoms with van der Waals surface area (Å²) in [7, 11) is 0. The summed E-state index contributed by atoms with van der Waals surface area (Å²) in [5.74, 6) is -0.346. The van der Waals surface area contributed by atoms with Gasteiger partial charge in [-0.05, 0) is 12.1 Å². The van der Waals surface area contributed by atoms with Gasteiger partial charge in [-0.3, -0.25) is 4.79 Å². The molecule has 0 saturated carbocycles. The van der Waals surface area contributed by atoms with E-state index in [1.54, 1.807) is 0 Å². The van der Waals surface area contributed by atoms with Crippen molar-refractivity contribution in [1.82, 2.24) is 0 Å². The molecule has 1 fully saturated rings. The molecule has 2 aromatic rings. The Balaban J connectivity index is 2.17. The zero-order chi connectivity index (χ0) is 13.4.